The zero-order valence-corrected chi connectivity index (χ0v) is 12.8. The molecule has 0 radical (unpaired) electrons. The maximum absolute atomic E-state index is 6.11. The Morgan fingerprint density at radius 3 is 2.56 bits per heavy atom. The van der Waals surface area contributed by atoms with Gasteiger partial charge < -0.3 is 5.32 Å². The summed E-state index contributed by atoms with van der Waals surface area (Å²) in [6, 6.07) is 12.4. The number of rotatable bonds is 3. The van der Waals surface area contributed by atoms with Crippen LogP contribution in [0.15, 0.2) is 40.9 Å². The van der Waals surface area contributed by atoms with Crippen molar-refractivity contribution in [3.63, 3.8) is 0 Å². The molecule has 18 heavy (non-hydrogen) atoms. The van der Waals surface area contributed by atoms with Crippen LogP contribution >= 0.6 is 27.5 Å². The first-order valence-electron chi connectivity index (χ1n) is 5.81. The zero-order valence-electron chi connectivity index (χ0n) is 10.4. The van der Waals surface area contributed by atoms with Crippen molar-refractivity contribution < 1.29 is 0 Å². The van der Waals surface area contributed by atoms with E-state index < -0.39 is 0 Å². The van der Waals surface area contributed by atoms with E-state index in [0.29, 0.717) is 0 Å². The van der Waals surface area contributed by atoms with Crippen molar-refractivity contribution in [2.24, 2.45) is 0 Å². The molecule has 0 heterocycles. The minimum atomic E-state index is 0.766. The third-order valence-corrected chi connectivity index (χ3v) is 3.91. The molecule has 0 atom stereocenters. The van der Waals surface area contributed by atoms with Gasteiger partial charge >= 0.3 is 0 Å². The van der Waals surface area contributed by atoms with E-state index in [0.717, 1.165) is 27.3 Å². The summed E-state index contributed by atoms with van der Waals surface area (Å²) in [6.45, 7) is 4.85. The van der Waals surface area contributed by atoms with Gasteiger partial charge in [-0.25, -0.2) is 0 Å². The van der Waals surface area contributed by atoms with Crippen LogP contribution in [0, 0.1) is 13.8 Å². The molecule has 0 fully saturated rings. The topological polar surface area (TPSA) is 12.0 Å². The zero-order chi connectivity index (χ0) is 13.1. The second-order valence-corrected chi connectivity index (χ2v) is 5.68. The molecule has 0 aliphatic heterocycles. The summed E-state index contributed by atoms with van der Waals surface area (Å²) < 4.78 is 1.08. The van der Waals surface area contributed by atoms with Crippen LogP contribution in [0.2, 0.25) is 5.02 Å². The summed E-state index contributed by atoms with van der Waals surface area (Å²) in [5.74, 6) is 0. The van der Waals surface area contributed by atoms with Gasteiger partial charge in [-0.3, -0.25) is 0 Å². The number of halogens is 2. The van der Waals surface area contributed by atoms with Crippen molar-refractivity contribution in [2.45, 2.75) is 20.4 Å². The predicted molar refractivity (Wildman–Crippen MR) is 82.4 cm³/mol. The van der Waals surface area contributed by atoms with E-state index in [4.69, 9.17) is 11.6 Å². The molecule has 1 nitrogen and oxygen atoms in total. The average Bonchev–Trinajstić information content (AvgIpc) is 2.32. The second kappa shape index (κ2) is 5.77. The van der Waals surface area contributed by atoms with Crippen LogP contribution in [0.25, 0.3) is 0 Å². The van der Waals surface area contributed by atoms with Crippen LogP contribution in [0.1, 0.15) is 16.7 Å². The smallest absolute Gasteiger partial charge is 0.0487 e. The second-order valence-electron chi connectivity index (χ2n) is 4.42. The summed E-state index contributed by atoms with van der Waals surface area (Å²) in [7, 11) is 0. The normalized spacial score (nSPS) is 10.4. The molecule has 2 aromatic carbocycles. The molecule has 0 aliphatic carbocycles. The van der Waals surface area contributed by atoms with Gasteiger partial charge in [0.05, 0.1) is 0 Å². The monoisotopic (exact) mass is 323 g/mol. The van der Waals surface area contributed by atoms with Gasteiger partial charge in [-0.15, -0.1) is 0 Å². The number of benzene rings is 2. The van der Waals surface area contributed by atoms with Gasteiger partial charge in [0.2, 0.25) is 0 Å². The molecular weight excluding hydrogens is 310 g/mol. The standard InChI is InChI=1S/C15H15BrClN/c1-10-3-6-15(13(16)7-10)18-9-12-5-4-11(2)14(17)8-12/h3-8,18H,9H2,1-2H3. The molecular formula is C15H15BrClN. The van der Waals surface area contributed by atoms with Crippen molar-refractivity contribution in [1.29, 1.82) is 0 Å². The molecule has 0 aliphatic rings. The largest absolute Gasteiger partial charge is 0.380 e. The van der Waals surface area contributed by atoms with E-state index in [2.05, 4.69) is 52.4 Å². The lowest BCUT2D eigenvalue weighted by Crippen LogP contribution is -2.00. The van der Waals surface area contributed by atoms with Crippen LogP contribution in [0.5, 0.6) is 0 Å². The number of aryl methyl sites for hydroxylation is 2. The number of nitrogens with one attached hydrogen (secondary N) is 1. The lowest BCUT2D eigenvalue weighted by atomic mass is 10.1. The van der Waals surface area contributed by atoms with E-state index >= 15 is 0 Å². The van der Waals surface area contributed by atoms with Crippen LogP contribution < -0.4 is 5.32 Å². The van der Waals surface area contributed by atoms with Gasteiger partial charge in [-0.2, -0.15) is 0 Å². The van der Waals surface area contributed by atoms with E-state index in [1.54, 1.807) is 0 Å². The summed E-state index contributed by atoms with van der Waals surface area (Å²) in [4.78, 5) is 0. The van der Waals surface area contributed by atoms with Gasteiger partial charge in [-0.05, 0) is 64.7 Å². The first kappa shape index (κ1) is 13.4. The molecule has 0 spiro atoms. The van der Waals surface area contributed by atoms with Crippen molar-refractivity contribution in [2.75, 3.05) is 5.32 Å². The highest BCUT2D eigenvalue weighted by Crippen LogP contribution is 2.24. The van der Waals surface area contributed by atoms with Gasteiger partial charge in [0, 0.05) is 21.7 Å². The Bertz CT molecular complexity index is 566. The van der Waals surface area contributed by atoms with Crippen LogP contribution in [-0.4, -0.2) is 0 Å². The fourth-order valence-corrected chi connectivity index (χ4v) is 2.54. The molecule has 0 saturated carbocycles. The van der Waals surface area contributed by atoms with E-state index in [1.165, 1.54) is 11.1 Å². The summed E-state index contributed by atoms with van der Waals surface area (Å²) in [5.41, 5.74) is 4.62. The predicted octanol–water partition coefficient (Wildman–Crippen LogP) is 5.33. The van der Waals surface area contributed by atoms with Crippen molar-refractivity contribution in [1.82, 2.24) is 0 Å². The third-order valence-electron chi connectivity index (χ3n) is 2.84. The molecule has 0 unspecified atom stereocenters. The van der Waals surface area contributed by atoms with Gasteiger partial charge in [0.25, 0.3) is 0 Å². The highest BCUT2D eigenvalue weighted by molar-refractivity contribution is 9.10. The maximum atomic E-state index is 6.11. The highest BCUT2D eigenvalue weighted by Gasteiger charge is 2.01. The summed E-state index contributed by atoms with van der Waals surface area (Å²) in [6.07, 6.45) is 0. The Labute approximate surface area is 121 Å². The Morgan fingerprint density at radius 1 is 1.11 bits per heavy atom. The molecule has 0 amide bonds. The first-order chi connectivity index (χ1) is 8.56. The molecule has 2 rings (SSSR count). The number of anilines is 1. The van der Waals surface area contributed by atoms with Crippen molar-refractivity contribution in [3.8, 4) is 0 Å². The van der Waals surface area contributed by atoms with Crippen LogP contribution in [0.3, 0.4) is 0 Å². The number of hydrogen-bond acceptors (Lipinski definition) is 1. The Hall–Kier alpha value is -0.990. The Kier molecular flexibility index (Phi) is 4.31. The minimum absolute atomic E-state index is 0.766. The fraction of sp³-hybridized carbons (Fsp3) is 0.200. The van der Waals surface area contributed by atoms with Crippen LogP contribution in [0.4, 0.5) is 5.69 Å². The molecule has 0 bridgehead atoms. The summed E-state index contributed by atoms with van der Waals surface area (Å²) in [5, 5.41) is 4.21. The first-order valence-corrected chi connectivity index (χ1v) is 6.98. The lowest BCUT2D eigenvalue weighted by Gasteiger charge is -2.10. The molecule has 94 valence electrons. The van der Waals surface area contributed by atoms with E-state index in [-0.39, 0.29) is 0 Å². The Balaban J connectivity index is 2.09. The molecule has 3 heteroatoms. The van der Waals surface area contributed by atoms with Gasteiger partial charge in [0.1, 0.15) is 0 Å². The SMILES string of the molecule is Cc1ccc(NCc2ccc(C)c(Cl)c2)c(Br)c1. The van der Waals surface area contributed by atoms with E-state index in [1.807, 2.05) is 19.1 Å². The highest BCUT2D eigenvalue weighted by atomic mass is 79.9. The molecule has 1 N–H and O–H groups in total. The Morgan fingerprint density at radius 2 is 1.89 bits per heavy atom. The fourth-order valence-electron chi connectivity index (χ4n) is 1.71. The molecule has 2 aromatic rings. The quantitative estimate of drug-likeness (QED) is 0.804. The lowest BCUT2D eigenvalue weighted by molar-refractivity contribution is 1.14. The maximum Gasteiger partial charge on any atom is 0.0487 e. The molecule has 0 aromatic heterocycles. The van der Waals surface area contributed by atoms with Gasteiger partial charge in [0.15, 0.2) is 0 Å². The van der Waals surface area contributed by atoms with Gasteiger partial charge in [-0.1, -0.05) is 29.8 Å². The van der Waals surface area contributed by atoms with Crippen molar-refractivity contribution >= 4 is 33.2 Å². The average molecular weight is 325 g/mol. The summed E-state index contributed by atoms with van der Waals surface area (Å²) >= 11 is 9.67. The van der Waals surface area contributed by atoms with Crippen molar-refractivity contribution in [3.05, 3.63) is 62.6 Å². The minimum Gasteiger partial charge on any atom is -0.380 e. The third kappa shape index (κ3) is 3.27. The molecule has 0 saturated heterocycles. The van der Waals surface area contributed by atoms with Crippen LogP contribution in [-0.2, 0) is 6.54 Å². The number of hydrogen-bond donors (Lipinski definition) is 1. The van der Waals surface area contributed by atoms with E-state index in [9.17, 15) is 0 Å².